The van der Waals surface area contributed by atoms with E-state index in [1.165, 1.54) is 0 Å². The lowest BCUT2D eigenvalue weighted by atomic mass is 10.1. The molecule has 2 rings (SSSR count). The van der Waals surface area contributed by atoms with Gasteiger partial charge in [0.25, 0.3) is 0 Å². The highest BCUT2D eigenvalue weighted by molar-refractivity contribution is 9.10. The van der Waals surface area contributed by atoms with Gasteiger partial charge in [-0.3, -0.25) is 4.79 Å². The Morgan fingerprint density at radius 3 is 2.50 bits per heavy atom. The number of carbonyl (C=O) groups is 1. The van der Waals surface area contributed by atoms with Gasteiger partial charge in [0, 0.05) is 12.1 Å². The minimum Gasteiger partial charge on any atom is -0.496 e. The zero-order valence-electron chi connectivity index (χ0n) is 13.8. The molecule has 0 saturated carbocycles. The maximum absolute atomic E-state index is 11.4. The Bertz CT molecular complexity index is 719. The van der Waals surface area contributed by atoms with E-state index in [2.05, 4.69) is 21.2 Å². The van der Waals surface area contributed by atoms with E-state index >= 15 is 0 Å². The van der Waals surface area contributed by atoms with Gasteiger partial charge >= 0.3 is 0 Å². The number of amides is 1. The lowest BCUT2D eigenvalue weighted by Crippen LogP contribution is -2.21. The maximum atomic E-state index is 11.4. The molecule has 0 atom stereocenters. The van der Waals surface area contributed by atoms with Crippen molar-refractivity contribution in [3.63, 3.8) is 0 Å². The van der Waals surface area contributed by atoms with E-state index in [0.717, 1.165) is 40.1 Å². The average Bonchev–Trinajstić information content (AvgIpc) is 2.59. The molecule has 0 unspecified atom stereocenters. The molecule has 0 saturated heterocycles. The van der Waals surface area contributed by atoms with E-state index in [9.17, 15) is 4.79 Å². The number of ether oxygens (including phenoxy) is 2. The highest BCUT2D eigenvalue weighted by Gasteiger charge is 2.10. The Kier molecular flexibility index (Phi) is 6.63. The first-order valence-corrected chi connectivity index (χ1v) is 8.35. The number of methoxy groups -OCH3 is 2. The molecule has 1 amide bonds. The maximum Gasteiger partial charge on any atom is 0.249 e. The molecule has 24 heavy (non-hydrogen) atoms. The van der Waals surface area contributed by atoms with E-state index < -0.39 is 5.91 Å². The van der Waals surface area contributed by atoms with Crippen LogP contribution in [-0.2, 0) is 13.0 Å². The molecule has 0 radical (unpaired) electrons. The summed E-state index contributed by atoms with van der Waals surface area (Å²) in [5, 5.41) is 3.33. The Hall–Kier alpha value is -2.05. The van der Waals surface area contributed by atoms with Crippen molar-refractivity contribution in [3.8, 4) is 11.5 Å². The number of nitrogens with one attached hydrogen (secondary N) is 1. The molecule has 6 heteroatoms. The molecule has 128 valence electrons. The first kappa shape index (κ1) is 18.3. The van der Waals surface area contributed by atoms with Crippen LogP contribution >= 0.6 is 15.9 Å². The summed E-state index contributed by atoms with van der Waals surface area (Å²) in [6.45, 7) is 1.31. The number of carbonyl (C=O) groups excluding carboxylic acids is 1. The third kappa shape index (κ3) is 4.49. The number of halogens is 1. The molecule has 5 nitrogen and oxygen atoms in total. The zero-order chi connectivity index (χ0) is 17.5. The summed E-state index contributed by atoms with van der Waals surface area (Å²) in [7, 11) is 3.28. The van der Waals surface area contributed by atoms with Crippen molar-refractivity contribution in [2.45, 2.75) is 13.0 Å². The van der Waals surface area contributed by atoms with Crippen molar-refractivity contribution in [1.82, 2.24) is 5.32 Å². The van der Waals surface area contributed by atoms with Gasteiger partial charge < -0.3 is 20.5 Å². The molecule has 0 spiro atoms. The molecule has 0 fully saturated rings. The smallest absolute Gasteiger partial charge is 0.249 e. The first-order valence-electron chi connectivity index (χ1n) is 7.55. The van der Waals surface area contributed by atoms with Crippen LogP contribution in [0.1, 0.15) is 21.5 Å². The van der Waals surface area contributed by atoms with Crippen LogP contribution in [0.5, 0.6) is 11.5 Å². The van der Waals surface area contributed by atoms with Crippen LogP contribution in [0.3, 0.4) is 0 Å². The predicted molar refractivity (Wildman–Crippen MR) is 97.6 cm³/mol. The van der Waals surface area contributed by atoms with Gasteiger partial charge in [-0.2, -0.15) is 0 Å². The van der Waals surface area contributed by atoms with Gasteiger partial charge in [0.05, 0.1) is 18.7 Å². The van der Waals surface area contributed by atoms with E-state index in [1.54, 1.807) is 20.3 Å². The number of hydrogen-bond acceptors (Lipinski definition) is 4. The van der Waals surface area contributed by atoms with Gasteiger partial charge in [0.2, 0.25) is 5.91 Å². The summed E-state index contributed by atoms with van der Waals surface area (Å²) in [5.74, 6) is 1.17. The van der Waals surface area contributed by atoms with Crippen molar-refractivity contribution in [2.24, 2.45) is 5.73 Å². The molecule has 0 aliphatic carbocycles. The third-order valence-corrected chi connectivity index (χ3v) is 4.34. The summed E-state index contributed by atoms with van der Waals surface area (Å²) in [5.41, 5.74) is 7.88. The lowest BCUT2D eigenvalue weighted by Gasteiger charge is -2.13. The van der Waals surface area contributed by atoms with Crippen LogP contribution in [0.2, 0.25) is 0 Å². The number of hydrogen-bond donors (Lipinski definition) is 2. The summed E-state index contributed by atoms with van der Waals surface area (Å²) < 4.78 is 11.6. The summed E-state index contributed by atoms with van der Waals surface area (Å²) in [6.07, 6.45) is 0.769. The molecule has 0 aliphatic heterocycles. The average molecular weight is 393 g/mol. The van der Waals surface area contributed by atoms with E-state index in [-0.39, 0.29) is 0 Å². The first-order chi connectivity index (χ1) is 11.6. The van der Waals surface area contributed by atoms with Gasteiger partial charge in [-0.05, 0) is 58.2 Å². The number of primary amides is 1. The minimum atomic E-state index is -0.410. The van der Waals surface area contributed by atoms with Crippen LogP contribution in [0.4, 0.5) is 0 Å². The van der Waals surface area contributed by atoms with Gasteiger partial charge in [-0.15, -0.1) is 0 Å². The molecule has 0 bridgehead atoms. The molecular formula is C18H21BrN2O3. The fourth-order valence-electron chi connectivity index (χ4n) is 2.48. The fourth-order valence-corrected chi connectivity index (χ4v) is 2.96. The second-order valence-corrected chi connectivity index (χ2v) is 6.10. The molecule has 3 N–H and O–H groups in total. The van der Waals surface area contributed by atoms with Gasteiger partial charge in [-0.25, -0.2) is 0 Å². The predicted octanol–water partition coefficient (Wildman–Crippen LogP) is 2.90. The SMILES string of the molecule is COc1cc(CCNCc2ccccc2C(N)=O)c(OC)cc1Br. The van der Waals surface area contributed by atoms with Crippen molar-refractivity contribution >= 4 is 21.8 Å². The van der Waals surface area contributed by atoms with Gasteiger partial charge in [0.1, 0.15) is 11.5 Å². The quantitative estimate of drug-likeness (QED) is 0.677. The molecular weight excluding hydrogens is 372 g/mol. The topological polar surface area (TPSA) is 73.6 Å². The standard InChI is InChI=1S/C18H21BrN2O3/c1-23-16-10-15(19)17(24-2)9-12(16)7-8-21-11-13-5-3-4-6-14(13)18(20)22/h3-6,9-10,21H,7-8,11H2,1-2H3,(H2,20,22). The Morgan fingerprint density at radius 1 is 1.12 bits per heavy atom. The highest BCUT2D eigenvalue weighted by Crippen LogP contribution is 2.32. The van der Waals surface area contributed by atoms with Crippen LogP contribution in [0, 0.1) is 0 Å². The van der Waals surface area contributed by atoms with Crippen LogP contribution < -0.4 is 20.5 Å². The molecule has 2 aromatic carbocycles. The fraction of sp³-hybridized carbons (Fsp3) is 0.278. The molecule has 0 heterocycles. The van der Waals surface area contributed by atoms with Crippen molar-refractivity contribution in [2.75, 3.05) is 20.8 Å². The monoisotopic (exact) mass is 392 g/mol. The minimum absolute atomic E-state index is 0.410. The number of rotatable bonds is 8. The van der Waals surface area contributed by atoms with Crippen LogP contribution in [0.15, 0.2) is 40.9 Å². The van der Waals surface area contributed by atoms with E-state index in [4.69, 9.17) is 15.2 Å². The largest absolute Gasteiger partial charge is 0.496 e. The highest BCUT2D eigenvalue weighted by atomic mass is 79.9. The summed E-state index contributed by atoms with van der Waals surface area (Å²) in [4.78, 5) is 11.4. The second kappa shape index (κ2) is 8.70. The summed E-state index contributed by atoms with van der Waals surface area (Å²) in [6, 6.07) is 11.2. The molecule has 0 aliphatic rings. The lowest BCUT2D eigenvalue weighted by molar-refractivity contribution is 0.0999. The van der Waals surface area contributed by atoms with Crippen molar-refractivity contribution in [1.29, 1.82) is 0 Å². The van der Waals surface area contributed by atoms with Gasteiger partial charge in [0.15, 0.2) is 0 Å². The Balaban J connectivity index is 1.99. The number of benzene rings is 2. The van der Waals surface area contributed by atoms with Crippen LogP contribution in [0.25, 0.3) is 0 Å². The van der Waals surface area contributed by atoms with Gasteiger partial charge in [-0.1, -0.05) is 18.2 Å². The Morgan fingerprint density at radius 2 is 1.83 bits per heavy atom. The molecule has 2 aromatic rings. The van der Waals surface area contributed by atoms with Crippen LogP contribution in [-0.4, -0.2) is 26.7 Å². The molecule has 0 aromatic heterocycles. The summed E-state index contributed by atoms with van der Waals surface area (Å²) >= 11 is 3.45. The van der Waals surface area contributed by atoms with E-state index in [1.807, 2.05) is 30.3 Å². The van der Waals surface area contributed by atoms with E-state index in [0.29, 0.717) is 12.1 Å². The number of nitrogens with two attached hydrogens (primary N) is 1. The van der Waals surface area contributed by atoms with Crippen molar-refractivity contribution in [3.05, 3.63) is 57.6 Å². The van der Waals surface area contributed by atoms with Crippen molar-refractivity contribution < 1.29 is 14.3 Å². The Labute approximate surface area is 150 Å². The second-order valence-electron chi connectivity index (χ2n) is 5.25. The normalized spacial score (nSPS) is 10.5. The zero-order valence-corrected chi connectivity index (χ0v) is 15.4. The third-order valence-electron chi connectivity index (χ3n) is 3.72.